The molecule has 0 spiro atoms. The lowest BCUT2D eigenvalue weighted by atomic mass is 10.1. The Morgan fingerprint density at radius 3 is 2.57 bits per heavy atom. The summed E-state index contributed by atoms with van der Waals surface area (Å²) in [4.78, 5) is 7.09. The lowest BCUT2D eigenvalue weighted by Crippen LogP contribution is -2.18. The number of ether oxygens (including phenoxy) is 1. The Hall–Kier alpha value is -2.86. The van der Waals surface area contributed by atoms with Crippen LogP contribution in [0.15, 0.2) is 61.1 Å². The maximum absolute atomic E-state index is 5.33. The van der Waals surface area contributed by atoms with Crippen molar-refractivity contribution in [2.45, 2.75) is 0 Å². The minimum Gasteiger partial charge on any atom is -0.497 e. The highest BCUT2D eigenvalue weighted by Gasteiger charge is 2.02. The number of aromatic amines is 1. The molecule has 116 valence electrons. The SMILES string of the molecule is COc1cccc(NC(=S)Nc2ccc(-c3cnc[nH]3)cc2)c1. The van der Waals surface area contributed by atoms with Crippen molar-refractivity contribution in [2.75, 3.05) is 17.7 Å². The molecule has 0 amide bonds. The van der Waals surface area contributed by atoms with Gasteiger partial charge < -0.3 is 20.4 Å². The van der Waals surface area contributed by atoms with Crippen LogP contribution in [0, 0.1) is 0 Å². The third kappa shape index (κ3) is 3.87. The van der Waals surface area contributed by atoms with E-state index in [9.17, 15) is 0 Å². The van der Waals surface area contributed by atoms with E-state index in [4.69, 9.17) is 17.0 Å². The summed E-state index contributed by atoms with van der Waals surface area (Å²) in [5.41, 5.74) is 3.83. The van der Waals surface area contributed by atoms with Gasteiger partial charge in [0.15, 0.2) is 5.11 Å². The quantitative estimate of drug-likeness (QED) is 0.636. The van der Waals surface area contributed by atoms with Crippen LogP contribution in [-0.4, -0.2) is 22.2 Å². The molecule has 1 aromatic heterocycles. The molecule has 3 N–H and O–H groups in total. The number of aromatic nitrogens is 2. The first-order chi connectivity index (χ1) is 11.2. The van der Waals surface area contributed by atoms with Crippen molar-refractivity contribution < 1.29 is 4.74 Å². The van der Waals surface area contributed by atoms with E-state index in [-0.39, 0.29) is 0 Å². The van der Waals surface area contributed by atoms with Crippen LogP contribution in [-0.2, 0) is 0 Å². The van der Waals surface area contributed by atoms with Gasteiger partial charge in [-0.05, 0) is 42.0 Å². The van der Waals surface area contributed by atoms with Gasteiger partial charge in [-0.1, -0.05) is 18.2 Å². The fourth-order valence-corrected chi connectivity index (χ4v) is 2.38. The zero-order chi connectivity index (χ0) is 16.1. The van der Waals surface area contributed by atoms with Crippen LogP contribution >= 0.6 is 12.2 Å². The molecule has 0 aliphatic carbocycles. The summed E-state index contributed by atoms with van der Waals surface area (Å²) < 4.78 is 5.19. The summed E-state index contributed by atoms with van der Waals surface area (Å²) in [7, 11) is 1.64. The third-order valence-electron chi connectivity index (χ3n) is 3.28. The topological polar surface area (TPSA) is 62.0 Å². The number of rotatable bonds is 4. The van der Waals surface area contributed by atoms with E-state index >= 15 is 0 Å². The molecule has 0 atom stereocenters. The molecule has 1 heterocycles. The normalized spacial score (nSPS) is 10.1. The van der Waals surface area contributed by atoms with Crippen molar-refractivity contribution in [3.63, 3.8) is 0 Å². The number of hydrogen-bond acceptors (Lipinski definition) is 3. The summed E-state index contributed by atoms with van der Waals surface area (Å²) in [5, 5.41) is 6.81. The van der Waals surface area contributed by atoms with Crippen LogP contribution in [0.5, 0.6) is 5.75 Å². The molecule has 0 bridgehead atoms. The second-order valence-corrected chi connectivity index (χ2v) is 5.26. The number of benzene rings is 2. The fraction of sp³-hybridized carbons (Fsp3) is 0.0588. The first-order valence-electron chi connectivity index (χ1n) is 7.05. The Balaban J connectivity index is 1.63. The van der Waals surface area contributed by atoms with E-state index < -0.39 is 0 Å². The zero-order valence-electron chi connectivity index (χ0n) is 12.5. The summed E-state index contributed by atoms with van der Waals surface area (Å²) in [6, 6.07) is 15.5. The van der Waals surface area contributed by atoms with E-state index in [0.717, 1.165) is 28.4 Å². The standard InChI is InChI=1S/C17H16N4OS/c1-22-15-4-2-3-14(9-15)21-17(23)20-13-7-5-12(6-8-13)16-10-18-11-19-16/h2-11H,1H3,(H,18,19)(H2,20,21,23). The van der Waals surface area contributed by atoms with Crippen molar-refractivity contribution in [2.24, 2.45) is 0 Å². The highest BCUT2D eigenvalue weighted by atomic mass is 32.1. The lowest BCUT2D eigenvalue weighted by Gasteiger charge is -2.11. The minimum absolute atomic E-state index is 0.521. The van der Waals surface area contributed by atoms with E-state index in [1.165, 1.54) is 0 Å². The molecule has 6 heteroatoms. The molecule has 3 rings (SSSR count). The van der Waals surface area contributed by atoms with Crippen LogP contribution in [0.3, 0.4) is 0 Å². The molecule has 0 aliphatic heterocycles. The monoisotopic (exact) mass is 324 g/mol. The van der Waals surface area contributed by atoms with Crippen molar-refractivity contribution in [1.82, 2.24) is 9.97 Å². The van der Waals surface area contributed by atoms with E-state index in [0.29, 0.717) is 5.11 Å². The first-order valence-corrected chi connectivity index (χ1v) is 7.46. The number of anilines is 2. The van der Waals surface area contributed by atoms with Gasteiger partial charge in [0, 0.05) is 17.4 Å². The second-order valence-electron chi connectivity index (χ2n) is 4.85. The molecule has 0 radical (unpaired) electrons. The molecule has 2 aromatic carbocycles. The lowest BCUT2D eigenvalue weighted by molar-refractivity contribution is 0.415. The van der Waals surface area contributed by atoms with Gasteiger partial charge in [-0.2, -0.15) is 0 Å². The molecular formula is C17H16N4OS. The Bertz CT molecular complexity index is 785. The van der Waals surface area contributed by atoms with Gasteiger partial charge in [-0.25, -0.2) is 4.98 Å². The van der Waals surface area contributed by atoms with E-state index in [1.54, 1.807) is 19.6 Å². The average Bonchev–Trinajstić information content (AvgIpc) is 3.10. The van der Waals surface area contributed by atoms with Crippen molar-refractivity contribution in [3.05, 3.63) is 61.1 Å². The Labute approximate surface area is 139 Å². The van der Waals surface area contributed by atoms with Crippen LogP contribution in [0.4, 0.5) is 11.4 Å². The number of H-pyrrole nitrogens is 1. The third-order valence-corrected chi connectivity index (χ3v) is 3.48. The Kier molecular flexibility index (Phi) is 4.54. The van der Waals surface area contributed by atoms with Gasteiger partial charge in [-0.15, -0.1) is 0 Å². The van der Waals surface area contributed by atoms with Gasteiger partial charge in [0.1, 0.15) is 5.75 Å². The Morgan fingerprint density at radius 1 is 1.09 bits per heavy atom. The van der Waals surface area contributed by atoms with Crippen molar-refractivity contribution >= 4 is 28.7 Å². The summed E-state index contributed by atoms with van der Waals surface area (Å²) in [5.74, 6) is 0.779. The van der Waals surface area contributed by atoms with Gasteiger partial charge in [-0.3, -0.25) is 0 Å². The molecule has 23 heavy (non-hydrogen) atoms. The molecule has 0 saturated carbocycles. The fourth-order valence-electron chi connectivity index (χ4n) is 2.14. The largest absolute Gasteiger partial charge is 0.497 e. The zero-order valence-corrected chi connectivity index (χ0v) is 13.4. The van der Waals surface area contributed by atoms with Gasteiger partial charge in [0.2, 0.25) is 0 Å². The predicted molar refractivity (Wildman–Crippen MR) is 96.9 cm³/mol. The minimum atomic E-state index is 0.521. The predicted octanol–water partition coefficient (Wildman–Crippen LogP) is 3.89. The van der Waals surface area contributed by atoms with E-state index in [2.05, 4.69) is 20.6 Å². The van der Waals surface area contributed by atoms with Crippen LogP contribution in [0.2, 0.25) is 0 Å². The summed E-state index contributed by atoms with van der Waals surface area (Å²) >= 11 is 5.33. The summed E-state index contributed by atoms with van der Waals surface area (Å²) in [6.07, 6.45) is 3.45. The average molecular weight is 324 g/mol. The number of nitrogens with zero attached hydrogens (tertiary/aromatic N) is 1. The molecule has 0 saturated heterocycles. The molecule has 0 aliphatic rings. The Morgan fingerprint density at radius 2 is 1.87 bits per heavy atom. The van der Waals surface area contributed by atoms with Gasteiger partial charge in [0.05, 0.1) is 25.3 Å². The van der Waals surface area contributed by atoms with Crippen molar-refractivity contribution in [1.29, 1.82) is 0 Å². The van der Waals surface area contributed by atoms with Crippen LogP contribution in [0.25, 0.3) is 11.3 Å². The number of methoxy groups -OCH3 is 1. The highest BCUT2D eigenvalue weighted by molar-refractivity contribution is 7.80. The van der Waals surface area contributed by atoms with Crippen LogP contribution in [0.1, 0.15) is 0 Å². The molecule has 0 fully saturated rings. The van der Waals surface area contributed by atoms with Gasteiger partial charge in [0.25, 0.3) is 0 Å². The van der Waals surface area contributed by atoms with Crippen molar-refractivity contribution in [3.8, 4) is 17.0 Å². The first kappa shape index (κ1) is 15.1. The molecule has 5 nitrogen and oxygen atoms in total. The number of imidazole rings is 1. The molecular weight excluding hydrogens is 308 g/mol. The smallest absolute Gasteiger partial charge is 0.175 e. The number of nitrogens with one attached hydrogen (secondary N) is 3. The summed E-state index contributed by atoms with van der Waals surface area (Å²) in [6.45, 7) is 0. The maximum Gasteiger partial charge on any atom is 0.175 e. The number of hydrogen-bond donors (Lipinski definition) is 3. The molecule has 3 aromatic rings. The molecule has 0 unspecified atom stereocenters. The van der Waals surface area contributed by atoms with E-state index in [1.807, 2.05) is 48.5 Å². The van der Waals surface area contributed by atoms with Crippen LogP contribution < -0.4 is 15.4 Å². The maximum atomic E-state index is 5.33. The highest BCUT2D eigenvalue weighted by Crippen LogP contribution is 2.20. The number of thiocarbonyl (C=S) groups is 1. The second kappa shape index (κ2) is 6.93. The van der Waals surface area contributed by atoms with Gasteiger partial charge >= 0.3 is 0 Å².